The van der Waals surface area contributed by atoms with Crippen molar-refractivity contribution in [2.45, 2.75) is 31.8 Å². The third-order valence-corrected chi connectivity index (χ3v) is 6.86. The normalized spacial score (nSPS) is 11.1. The lowest BCUT2D eigenvalue weighted by Gasteiger charge is -2.26. The van der Waals surface area contributed by atoms with Crippen molar-refractivity contribution >= 4 is 21.7 Å². The Labute approximate surface area is 189 Å². The second-order valence-corrected chi connectivity index (χ2v) is 9.18. The molecule has 0 N–H and O–H groups in total. The van der Waals surface area contributed by atoms with Crippen LogP contribution in [0.1, 0.15) is 23.6 Å². The second-order valence-electron chi connectivity index (χ2n) is 7.32. The van der Waals surface area contributed by atoms with Crippen LogP contribution in [0.25, 0.3) is 0 Å². The molecule has 0 atom stereocenters. The molecule has 0 aliphatic rings. The zero-order valence-electron chi connectivity index (χ0n) is 18.4. The number of hydrogen-bond donors (Lipinski definition) is 0. The van der Waals surface area contributed by atoms with E-state index < -0.39 is 22.5 Å². The van der Waals surface area contributed by atoms with Gasteiger partial charge in [-0.25, -0.2) is 8.42 Å². The smallest absolute Gasteiger partial charge is 0.327 e. The number of ether oxygens (including phenoxy) is 2. The number of carbonyl (C=O) groups excluding carboxylic acids is 1. The SMILES string of the molecule is CCc1ccccc1N(CC(=O)OCc1ccc(OC)cc1)S(=O)(=O)c1ccc(C)cc1. The molecule has 0 fully saturated rings. The number of methoxy groups -OCH3 is 1. The van der Waals surface area contributed by atoms with Crippen molar-refractivity contribution in [3.8, 4) is 5.75 Å². The van der Waals surface area contributed by atoms with Gasteiger partial charge in [0, 0.05) is 0 Å². The highest BCUT2D eigenvalue weighted by Crippen LogP contribution is 2.28. The van der Waals surface area contributed by atoms with Gasteiger partial charge in [0.05, 0.1) is 17.7 Å². The molecule has 6 nitrogen and oxygen atoms in total. The topological polar surface area (TPSA) is 72.9 Å². The minimum Gasteiger partial charge on any atom is -0.497 e. The molecule has 7 heteroatoms. The van der Waals surface area contributed by atoms with Crippen molar-refractivity contribution < 1.29 is 22.7 Å². The predicted octanol–water partition coefficient (Wildman–Crippen LogP) is 4.50. The number of sulfonamides is 1. The van der Waals surface area contributed by atoms with Gasteiger partial charge in [0.1, 0.15) is 18.9 Å². The molecule has 0 heterocycles. The largest absolute Gasteiger partial charge is 0.497 e. The zero-order valence-corrected chi connectivity index (χ0v) is 19.3. The molecular weight excluding hydrogens is 426 g/mol. The first-order chi connectivity index (χ1) is 15.3. The Balaban J connectivity index is 1.86. The van der Waals surface area contributed by atoms with Crippen LogP contribution in [0.2, 0.25) is 0 Å². The van der Waals surface area contributed by atoms with Gasteiger partial charge in [0.2, 0.25) is 0 Å². The van der Waals surface area contributed by atoms with Gasteiger partial charge in [-0.3, -0.25) is 9.10 Å². The highest BCUT2D eigenvalue weighted by Gasteiger charge is 2.29. The van der Waals surface area contributed by atoms with Crippen LogP contribution < -0.4 is 9.04 Å². The molecule has 0 aliphatic heterocycles. The summed E-state index contributed by atoms with van der Waals surface area (Å²) in [5.74, 6) is 0.0639. The van der Waals surface area contributed by atoms with Crippen molar-refractivity contribution in [3.05, 3.63) is 89.5 Å². The quantitative estimate of drug-likeness (QED) is 0.446. The van der Waals surface area contributed by atoms with Crippen LogP contribution in [0.15, 0.2) is 77.7 Å². The monoisotopic (exact) mass is 453 g/mol. The Morgan fingerprint density at radius 2 is 1.59 bits per heavy atom. The van der Waals surface area contributed by atoms with Gasteiger partial charge in [0.25, 0.3) is 10.0 Å². The molecule has 0 aliphatic carbocycles. The number of carbonyl (C=O) groups is 1. The van der Waals surface area contributed by atoms with Crippen molar-refractivity contribution in [1.29, 1.82) is 0 Å². The molecule has 0 spiro atoms. The van der Waals surface area contributed by atoms with Gasteiger partial charge in [-0.15, -0.1) is 0 Å². The summed E-state index contributed by atoms with van der Waals surface area (Å²) in [4.78, 5) is 12.8. The van der Waals surface area contributed by atoms with Crippen molar-refractivity contribution in [2.75, 3.05) is 18.0 Å². The Morgan fingerprint density at radius 1 is 0.938 bits per heavy atom. The number of aryl methyl sites for hydroxylation is 2. The molecule has 0 unspecified atom stereocenters. The van der Waals surface area contributed by atoms with Gasteiger partial charge in [-0.2, -0.15) is 0 Å². The first-order valence-electron chi connectivity index (χ1n) is 10.3. The average molecular weight is 454 g/mol. The first kappa shape index (κ1) is 23.3. The summed E-state index contributed by atoms with van der Waals surface area (Å²) >= 11 is 0. The molecule has 0 bridgehead atoms. The van der Waals surface area contributed by atoms with Crippen LogP contribution >= 0.6 is 0 Å². The zero-order chi connectivity index (χ0) is 23.1. The Morgan fingerprint density at radius 3 is 2.22 bits per heavy atom. The summed E-state index contributed by atoms with van der Waals surface area (Å²) in [5.41, 5.74) is 3.02. The Bertz CT molecular complexity index is 1160. The van der Waals surface area contributed by atoms with E-state index in [1.54, 1.807) is 67.8 Å². The fourth-order valence-corrected chi connectivity index (χ4v) is 4.69. The molecule has 0 radical (unpaired) electrons. The first-order valence-corrected chi connectivity index (χ1v) is 11.7. The molecule has 32 heavy (non-hydrogen) atoms. The maximum Gasteiger partial charge on any atom is 0.327 e. The van der Waals surface area contributed by atoms with E-state index >= 15 is 0 Å². The molecule has 3 rings (SSSR count). The maximum atomic E-state index is 13.5. The third-order valence-electron chi connectivity index (χ3n) is 5.08. The van der Waals surface area contributed by atoms with Crippen LogP contribution in [-0.2, 0) is 32.6 Å². The van der Waals surface area contributed by atoms with E-state index in [2.05, 4.69) is 0 Å². The van der Waals surface area contributed by atoms with E-state index in [-0.39, 0.29) is 11.5 Å². The molecule has 0 aromatic heterocycles. The number of esters is 1. The van der Waals surface area contributed by atoms with Crippen LogP contribution in [-0.4, -0.2) is 28.0 Å². The van der Waals surface area contributed by atoms with E-state index in [0.29, 0.717) is 17.9 Å². The molecule has 0 saturated heterocycles. The number of benzene rings is 3. The molecule has 0 amide bonds. The standard InChI is InChI=1S/C25H27NO5S/c1-4-21-7-5-6-8-24(21)26(32(28,29)23-15-9-19(2)10-16-23)17-25(27)31-18-20-11-13-22(30-3)14-12-20/h5-16H,4,17-18H2,1-3H3. The van der Waals surface area contributed by atoms with Crippen molar-refractivity contribution in [2.24, 2.45) is 0 Å². The number of para-hydroxylation sites is 1. The third kappa shape index (κ3) is 5.48. The van der Waals surface area contributed by atoms with Crippen LogP contribution in [0.5, 0.6) is 5.75 Å². The molecule has 168 valence electrons. The Kier molecular flexibility index (Phi) is 7.53. The van der Waals surface area contributed by atoms with Gasteiger partial charge >= 0.3 is 5.97 Å². The average Bonchev–Trinajstić information content (AvgIpc) is 2.81. The molecule has 3 aromatic rings. The van der Waals surface area contributed by atoms with Gasteiger partial charge in [-0.05, 0) is 54.8 Å². The lowest BCUT2D eigenvalue weighted by molar-refractivity contribution is -0.143. The van der Waals surface area contributed by atoms with Crippen LogP contribution in [0.3, 0.4) is 0 Å². The number of anilines is 1. The summed E-state index contributed by atoms with van der Waals surface area (Å²) in [6.45, 7) is 3.44. The van der Waals surface area contributed by atoms with Gasteiger partial charge in [0.15, 0.2) is 0 Å². The molecular formula is C25H27NO5S. The number of hydrogen-bond acceptors (Lipinski definition) is 5. The number of rotatable bonds is 9. The fourth-order valence-electron chi connectivity index (χ4n) is 3.24. The number of nitrogens with zero attached hydrogens (tertiary/aromatic N) is 1. The lowest BCUT2D eigenvalue weighted by Crippen LogP contribution is -2.37. The van der Waals surface area contributed by atoms with E-state index in [9.17, 15) is 13.2 Å². The van der Waals surface area contributed by atoms with Gasteiger partial charge < -0.3 is 9.47 Å². The highest BCUT2D eigenvalue weighted by atomic mass is 32.2. The van der Waals surface area contributed by atoms with Crippen molar-refractivity contribution in [1.82, 2.24) is 0 Å². The summed E-state index contributed by atoms with van der Waals surface area (Å²) in [6, 6.07) is 20.9. The summed E-state index contributed by atoms with van der Waals surface area (Å²) < 4.78 is 38.6. The van der Waals surface area contributed by atoms with Crippen molar-refractivity contribution in [3.63, 3.8) is 0 Å². The minimum atomic E-state index is -3.97. The summed E-state index contributed by atoms with van der Waals surface area (Å²) in [5, 5.41) is 0. The van der Waals surface area contributed by atoms with Crippen LogP contribution in [0.4, 0.5) is 5.69 Å². The fraction of sp³-hybridized carbons (Fsp3) is 0.240. The Hall–Kier alpha value is -3.32. The summed E-state index contributed by atoms with van der Waals surface area (Å²) in [7, 11) is -2.40. The molecule has 3 aromatic carbocycles. The van der Waals surface area contributed by atoms with E-state index in [1.165, 1.54) is 0 Å². The van der Waals surface area contributed by atoms with E-state index in [4.69, 9.17) is 9.47 Å². The summed E-state index contributed by atoms with van der Waals surface area (Å²) in [6.07, 6.45) is 0.622. The predicted molar refractivity (Wildman–Crippen MR) is 124 cm³/mol. The van der Waals surface area contributed by atoms with Gasteiger partial charge in [-0.1, -0.05) is 55.0 Å². The van der Waals surface area contributed by atoms with E-state index in [1.807, 2.05) is 26.0 Å². The minimum absolute atomic E-state index is 0.0384. The van der Waals surface area contributed by atoms with E-state index in [0.717, 1.165) is 21.0 Å². The van der Waals surface area contributed by atoms with Crippen LogP contribution in [0, 0.1) is 6.92 Å². The lowest BCUT2D eigenvalue weighted by atomic mass is 10.1. The second kappa shape index (κ2) is 10.3. The molecule has 0 saturated carbocycles. The maximum absolute atomic E-state index is 13.5. The highest BCUT2D eigenvalue weighted by molar-refractivity contribution is 7.92.